The molecule has 0 saturated heterocycles. The van der Waals surface area contributed by atoms with E-state index >= 15 is 0 Å². The number of methoxy groups -OCH3 is 1. The SMILES string of the molecule is COc1cccc2cc(C(C)(C)N)ccc12. The van der Waals surface area contributed by atoms with Gasteiger partial charge in [-0.15, -0.1) is 0 Å². The molecule has 0 heterocycles. The van der Waals surface area contributed by atoms with Crippen molar-refractivity contribution in [2.24, 2.45) is 5.73 Å². The van der Waals surface area contributed by atoms with Crippen LogP contribution < -0.4 is 10.5 Å². The van der Waals surface area contributed by atoms with Gasteiger partial charge in [0.1, 0.15) is 5.75 Å². The van der Waals surface area contributed by atoms with Gasteiger partial charge in [-0.2, -0.15) is 0 Å². The van der Waals surface area contributed by atoms with Crippen LogP contribution in [0.2, 0.25) is 0 Å². The molecule has 2 aromatic carbocycles. The fourth-order valence-electron chi connectivity index (χ4n) is 1.83. The van der Waals surface area contributed by atoms with Crippen molar-refractivity contribution in [1.82, 2.24) is 0 Å². The van der Waals surface area contributed by atoms with Crippen LogP contribution in [0.15, 0.2) is 36.4 Å². The molecule has 0 aliphatic carbocycles. The van der Waals surface area contributed by atoms with Crippen LogP contribution in [0.25, 0.3) is 10.8 Å². The van der Waals surface area contributed by atoms with Gasteiger partial charge >= 0.3 is 0 Å². The molecular formula is C14H17NO. The van der Waals surface area contributed by atoms with Crippen molar-refractivity contribution in [1.29, 1.82) is 0 Å². The average molecular weight is 215 g/mol. The largest absolute Gasteiger partial charge is 0.496 e. The summed E-state index contributed by atoms with van der Waals surface area (Å²) in [4.78, 5) is 0. The maximum absolute atomic E-state index is 6.09. The summed E-state index contributed by atoms with van der Waals surface area (Å²) in [5, 5.41) is 2.29. The third-order valence-electron chi connectivity index (χ3n) is 2.80. The van der Waals surface area contributed by atoms with Gasteiger partial charge in [0.25, 0.3) is 0 Å². The first-order valence-electron chi connectivity index (χ1n) is 5.38. The van der Waals surface area contributed by atoms with Crippen molar-refractivity contribution in [3.8, 4) is 5.75 Å². The second-order valence-electron chi connectivity index (χ2n) is 4.62. The number of nitrogens with two attached hydrogens (primary N) is 1. The molecule has 2 aromatic rings. The highest BCUT2D eigenvalue weighted by Gasteiger charge is 2.14. The fraction of sp³-hybridized carbons (Fsp3) is 0.286. The van der Waals surface area contributed by atoms with Crippen LogP contribution >= 0.6 is 0 Å². The second-order valence-corrected chi connectivity index (χ2v) is 4.62. The summed E-state index contributed by atoms with van der Waals surface area (Å²) in [6.45, 7) is 4.02. The van der Waals surface area contributed by atoms with Crippen molar-refractivity contribution in [3.05, 3.63) is 42.0 Å². The highest BCUT2D eigenvalue weighted by Crippen LogP contribution is 2.28. The van der Waals surface area contributed by atoms with Gasteiger partial charge in [0.05, 0.1) is 7.11 Å². The molecule has 0 unspecified atom stereocenters. The Kier molecular flexibility index (Phi) is 2.60. The Bertz CT molecular complexity index is 512. The molecule has 0 radical (unpaired) electrons. The molecular weight excluding hydrogens is 198 g/mol. The summed E-state index contributed by atoms with van der Waals surface area (Å²) >= 11 is 0. The third kappa shape index (κ3) is 1.89. The predicted octanol–water partition coefficient (Wildman–Crippen LogP) is 3.04. The minimum Gasteiger partial charge on any atom is -0.496 e. The topological polar surface area (TPSA) is 35.2 Å². The molecule has 16 heavy (non-hydrogen) atoms. The van der Waals surface area contributed by atoms with Gasteiger partial charge < -0.3 is 10.5 Å². The van der Waals surface area contributed by atoms with Gasteiger partial charge in [-0.25, -0.2) is 0 Å². The van der Waals surface area contributed by atoms with E-state index in [4.69, 9.17) is 10.5 Å². The lowest BCUT2D eigenvalue weighted by Crippen LogP contribution is -2.28. The maximum atomic E-state index is 6.09. The fourth-order valence-corrected chi connectivity index (χ4v) is 1.83. The quantitative estimate of drug-likeness (QED) is 0.835. The summed E-state index contributed by atoms with van der Waals surface area (Å²) in [6, 6.07) is 12.3. The molecule has 2 nitrogen and oxygen atoms in total. The first kappa shape index (κ1) is 11.0. The first-order chi connectivity index (χ1) is 7.52. The number of fused-ring (bicyclic) bond motifs is 1. The Hall–Kier alpha value is -1.54. The van der Waals surface area contributed by atoms with Crippen molar-refractivity contribution < 1.29 is 4.74 Å². The van der Waals surface area contributed by atoms with E-state index < -0.39 is 0 Å². The Morgan fingerprint density at radius 2 is 1.88 bits per heavy atom. The zero-order valence-corrected chi connectivity index (χ0v) is 9.95. The molecule has 2 heteroatoms. The van der Waals surface area contributed by atoms with Gasteiger partial charge in [-0.05, 0) is 36.9 Å². The number of hydrogen-bond acceptors (Lipinski definition) is 2. The summed E-state index contributed by atoms with van der Waals surface area (Å²) in [7, 11) is 1.69. The lowest BCUT2D eigenvalue weighted by molar-refractivity contribution is 0.420. The Balaban J connectivity index is 2.64. The zero-order valence-electron chi connectivity index (χ0n) is 9.95. The molecule has 0 aromatic heterocycles. The van der Waals surface area contributed by atoms with Crippen LogP contribution in [-0.4, -0.2) is 7.11 Å². The smallest absolute Gasteiger partial charge is 0.126 e. The van der Waals surface area contributed by atoms with Crippen LogP contribution in [0.5, 0.6) is 5.75 Å². The van der Waals surface area contributed by atoms with Crippen LogP contribution in [-0.2, 0) is 5.54 Å². The summed E-state index contributed by atoms with van der Waals surface area (Å²) in [6.07, 6.45) is 0. The van der Waals surface area contributed by atoms with E-state index in [-0.39, 0.29) is 5.54 Å². The Morgan fingerprint density at radius 1 is 1.12 bits per heavy atom. The zero-order chi connectivity index (χ0) is 11.8. The van der Waals surface area contributed by atoms with E-state index in [0.29, 0.717) is 0 Å². The number of benzene rings is 2. The Labute approximate surface area is 96.0 Å². The van der Waals surface area contributed by atoms with Gasteiger partial charge in [-0.1, -0.05) is 24.3 Å². The van der Waals surface area contributed by atoms with Gasteiger partial charge in [0, 0.05) is 10.9 Å². The molecule has 0 fully saturated rings. The third-order valence-corrected chi connectivity index (χ3v) is 2.80. The molecule has 0 saturated carbocycles. The highest BCUT2D eigenvalue weighted by atomic mass is 16.5. The van der Waals surface area contributed by atoms with Crippen molar-refractivity contribution in [2.75, 3.05) is 7.11 Å². The van der Waals surface area contributed by atoms with Crippen LogP contribution in [0.3, 0.4) is 0 Å². The lowest BCUT2D eigenvalue weighted by Gasteiger charge is -2.19. The van der Waals surface area contributed by atoms with E-state index in [9.17, 15) is 0 Å². The number of ether oxygens (including phenoxy) is 1. The molecule has 0 atom stereocenters. The number of hydrogen-bond donors (Lipinski definition) is 1. The number of rotatable bonds is 2. The molecule has 84 valence electrons. The summed E-state index contributed by atoms with van der Waals surface area (Å²) < 4.78 is 5.32. The molecule has 0 aliphatic rings. The summed E-state index contributed by atoms with van der Waals surface area (Å²) in [5.74, 6) is 0.902. The molecule has 0 spiro atoms. The van der Waals surface area contributed by atoms with E-state index in [1.165, 1.54) is 0 Å². The van der Waals surface area contributed by atoms with Gasteiger partial charge in [-0.3, -0.25) is 0 Å². The predicted molar refractivity (Wildman–Crippen MR) is 67.7 cm³/mol. The van der Waals surface area contributed by atoms with Crippen LogP contribution in [0.4, 0.5) is 0 Å². The first-order valence-corrected chi connectivity index (χ1v) is 5.38. The molecule has 0 amide bonds. The Morgan fingerprint density at radius 3 is 2.50 bits per heavy atom. The second kappa shape index (κ2) is 3.80. The van der Waals surface area contributed by atoms with E-state index in [0.717, 1.165) is 22.1 Å². The van der Waals surface area contributed by atoms with E-state index in [1.807, 2.05) is 26.0 Å². The molecule has 2 rings (SSSR count). The minimum absolute atomic E-state index is 0.308. The van der Waals surface area contributed by atoms with Gasteiger partial charge in [0.15, 0.2) is 0 Å². The normalized spacial score (nSPS) is 11.8. The molecule has 0 bridgehead atoms. The standard InChI is InChI=1S/C14H17NO/c1-14(2,15)11-7-8-12-10(9-11)5-4-6-13(12)16-3/h4-9H,15H2,1-3H3. The van der Waals surface area contributed by atoms with E-state index in [1.54, 1.807) is 7.11 Å². The molecule has 0 aliphatic heterocycles. The van der Waals surface area contributed by atoms with Crippen molar-refractivity contribution in [2.45, 2.75) is 19.4 Å². The van der Waals surface area contributed by atoms with E-state index in [2.05, 4.69) is 24.3 Å². The summed E-state index contributed by atoms with van der Waals surface area (Å²) in [5.41, 5.74) is 6.91. The monoisotopic (exact) mass is 215 g/mol. The molecule has 2 N–H and O–H groups in total. The van der Waals surface area contributed by atoms with Crippen molar-refractivity contribution >= 4 is 10.8 Å². The lowest BCUT2D eigenvalue weighted by atomic mass is 9.93. The van der Waals surface area contributed by atoms with Gasteiger partial charge in [0.2, 0.25) is 0 Å². The average Bonchev–Trinajstić information content (AvgIpc) is 2.26. The van der Waals surface area contributed by atoms with Crippen LogP contribution in [0.1, 0.15) is 19.4 Å². The highest BCUT2D eigenvalue weighted by molar-refractivity contribution is 5.89. The van der Waals surface area contributed by atoms with Crippen LogP contribution in [0, 0.1) is 0 Å². The maximum Gasteiger partial charge on any atom is 0.126 e. The minimum atomic E-state index is -0.308. The van der Waals surface area contributed by atoms with Crippen molar-refractivity contribution in [3.63, 3.8) is 0 Å².